The summed E-state index contributed by atoms with van der Waals surface area (Å²) in [6.45, 7) is 3.67. The summed E-state index contributed by atoms with van der Waals surface area (Å²) in [7, 11) is -2.56. The number of hydrogen-bond acceptors (Lipinski definition) is 3. The van der Waals surface area contributed by atoms with E-state index in [9.17, 15) is 4.57 Å². The fourth-order valence-corrected chi connectivity index (χ4v) is 1.99. The van der Waals surface area contributed by atoms with Gasteiger partial charge in [-0.3, -0.25) is 4.57 Å². The van der Waals surface area contributed by atoms with Crippen LogP contribution in [0.5, 0.6) is 0 Å². The first-order valence-electron chi connectivity index (χ1n) is 3.66. The van der Waals surface area contributed by atoms with Crippen molar-refractivity contribution in [3.63, 3.8) is 0 Å². The van der Waals surface area contributed by atoms with Gasteiger partial charge in [-0.2, -0.15) is 0 Å². The molecule has 0 aliphatic heterocycles. The van der Waals surface area contributed by atoms with E-state index in [-0.39, 0.29) is 13.2 Å². The molecular weight excluding hydrogens is 163 g/mol. The molecule has 11 heavy (non-hydrogen) atoms. The molecule has 3 nitrogen and oxygen atoms in total. The first-order valence-corrected chi connectivity index (χ1v) is 5.54. The maximum atomic E-state index is 11.5. The highest BCUT2D eigenvalue weighted by atomic mass is 31.2. The van der Waals surface area contributed by atoms with Crippen molar-refractivity contribution in [1.82, 2.24) is 0 Å². The minimum atomic E-state index is -2.56. The van der Waals surface area contributed by atoms with Crippen LogP contribution in [-0.2, 0) is 9.09 Å². The fraction of sp³-hybridized carbons (Fsp3) is 0.714. The van der Waals surface area contributed by atoms with Gasteiger partial charge in [0.1, 0.15) is 0 Å². The van der Waals surface area contributed by atoms with Crippen molar-refractivity contribution in [1.29, 1.82) is 0 Å². The molecule has 0 spiro atoms. The lowest BCUT2D eigenvalue weighted by molar-refractivity contribution is 0.205. The van der Waals surface area contributed by atoms with Gasteiger partial charge in [0, 0.05) is 6.16 Å². The second kappa shape index (κ2) is 5.53. The largest absolute Gasteiger partial charge is 0.394 e. The van der Waals surface area contributed by atoms with Crippen molar-refractivity contribution in [3.05, 3.63) is 11.9 Å². The molecule has 0 aromatic heterocycles. The van der Waals surface area contributed by atoms with Crippen molar-refractivity contribution >= 4 is 7.37 Å². The summed E-state index contributed by atoms with van der Waals surface area (Å²) in [5.41, 5.74) is 0. The molecule has 1 unspecified atom stereocenters. The van der Waals surface area contributed by atoms with Crippen molar-refractivity contribution in [2.75, 3.05) is 19.4 Å². The van der Waals surface area contributed by atoms with Crippen LogP contribution in [0, 0.1) is 0 Å². The van der Waals surface area contributed by atoms with Crippen molar-refractivity contribution in [2.45, 2.75) is 13.8 Å². The van der Waals surface area contributed by atoms with Gasteiger partial charge < -0.3 is 9.63 Å². The summed E-state index contributed by atoms with van der Waals surface area (Å²) in [6, 6.07) is 0. The predicted molar refractivity (Wildman–Crippen MR) is 46.0 cm³/mol. The Balaban J connectivity index is 4.00. The molecule has 0 fully saturated rings. The Kier molecular flexibility index (Phi) is 5.47. The summed E-state index contributed by atoms with van der Waals surface area (Å²) in [6.07, 6.45) is 2.19. The number of allylic oxidation sites excluding steroid dienone is 1. The molecule has 0 rings (SSSR count). The minimum absolute atomic E-state index is 0.0818. The fourth-order valence-electron chi connectivity index (χ4n) is 0.662. The molecule has 4 heteroatoms. The van der Waals surface area contributed by atoms with Gasteiger partial charge in [0.05, 0.1) is 13.2 Å². The zero-order valence-corrected chi connectivity index (χ0v) is 7.88. The van der Waals surface area contributed by atoms with E-state index in [1.165, 1.54) is 0 Å². The maximum absolute atomic E-state index is 11.5. The third-order valence-electron chi connectivity index (χ3n) is 1.22. The summed E-state index contributed by atoms with van der Waals surface area (Å²) < 4.78 is 16.5. The third kappa shape index (κ3) is 4.35. The van der Waals surface area contributed by atoms with Gasteiger partial charge in [0.2, 0.25) is 7.37 Å². The topological polar surface area (TPSA) is 46.5 Å². The van der Waals surface area contributed by atoms with Crippen LogP contribution in [0.15, 0.2) is 11.9 Å². The zero-order chi connectivity index (χ0) is 8.74. The van der Waals surface area contributed by atoms with E-state index in [1.54, 1.807) is 25.7 Å². The second-order valence-electron chi connectivity index (χ2n) is 2.08. The highest BCUT2D eigenvalue weighted by Gasteiger charge is 2.14. The van der Waals surface area contributed by atoms with Crippen LogP contribution in [0.25, 0.3) is 0 Å². The van der Waals surface area contributed by atoms with Gasteiger partial charge in [0.15, 0.2) is 0 Å². The Morgan fingerprint density at radius 3 is 2.64 bits per heavy atom. The molecule has 66 valence electrons. The molecular formula is C7H15O3P. The van der Waals surface area contributed by atoms with E-state index in [0.29, 0.717) is 6.16 Å². The van der Waals surface area contributed by atoms with Gasteiger partial charge in [-0.1, -0.05) is 13.0 Å². The Labute approximate surface area is 67.5 Å². The molecule has 0 amide bonds. The first kappa shape index (κ1) is 10.9. The van der Waals surface area contributed by atoms with Crippen LogP contribution in [0.4, 0.5) is 0 Å². The number of aliphatic hydroxyl groups excluding tert-OH is 1. The zero-order valence-electron chi connectivity index (χ0n) is 6.99. The first-order chi connectivity index (χ1) is 5.18. The van der Waals surface area contributed by atoms with Gasteiger partial charge in [-0.25, -0.2) is 0 Å². The lowest BCUT2D eigenvalue weighted by Crippen LogP contribution is -1.97. The third-order valence-corrected chi connectivity index (χ3v) is 3.47. The van der Waals surface area contributed by atoms with E-state index in [0.717, 1.165) is 0 Å². The highest BCUT2D eigenvalue weighted by molar-refractivity contribution is 7.62. The molecule has 1 N–H and O–H groups in total. The Morgan fingerprint density at radius 2 is 2.27 bits per heavy atom. The van der Waals surface area contributed by atoms with Crippen LogP contribution in [0.3, 0.4) is 0 Å². The highest BCUT2D eigenvalue weighted by Crippen LogP contribution is 2.47. The van der Waals surface area contributed by atoms with E-state index >= 15 is 0 Å². The molecule has 0 saturated heterocycles. The lowest BCUT2D eigenvalue weighted by Gasteiger charge is -2.10. The van der Waals surface area contributed by atoms with Crippen molar-refractivity contribution < 1.29 is 14.2 Å². The Bertz CT molecular complexity index is 165. The molecule has 0 aromatic carbocycles. The van der Waals surface area contributed by atoms with Crippen LogP contribution in [-0.4, -0.2) is 24.5 Å². The minimum Gasteiger partial charge on any atom is -0.394 e. The van der Waals surface area contributed by atoms with Crippen molar-refractivity contribution in [3.8, 4) is 0 Å². The lowest BCUT2D eigenvalue weighted by atomic mass is 10.8. The number of rotatable bonds is 5. The summed E-state index contributed by atoms with van der Waals surface area (Å²) in [4.78, 5) is 0. The molecule has 0 aliphatic rings. The molecule has 0 heterocycles. The maximum Gasteiger partial charge on any atom is 0.224 e. The second-order valence-corrected chi connectivity index (χ2v) is 4.72. The van der Waals surface area contributed by atoms with Gasteiger partial charge in [-0.15, -0.1) is 0 Å². The number of hydrogen-bond donors (Lipinski definition) is 1. The summed E-state index contributed by atoms with van der Waals surface area (Å²) in [5, 5.41) is 8.42. The van der Waals surface area contributed by atoms with E-state index in [2.05, 4.69) is 0 Å². The molecule has 0 aromatic rings. The normalized spacial score (nSPS) is 17.0. The molecule has 0 saturated carbocycles. The van der Waals surface area contributed by atoms with E-state index < -0.39 is 7.37 Å². The molecule has 0 radical (unpaired) electrons. The van der Waals surface area contributed by atoms with Crippen LogP contribution >= 0.6 is 7.37 Å². The average molecular weight is 178 g/mol. The Morgan fingerprint density at radius 1 is 1.64 bits per heavy atom. The number of aliphatic hydroxyl groups is 1. The smallest absolute Gasteiger partial charge is 0.224 e. The van der Waals surface area contributed by atoms with Gasteiger partial charge in [-0.05, 0) is 12.7 Å². The molecule has 0 aliphatic carbocycles. The predicted octanol–water partition coefficient (Wildman–Crippen LogP) is 1.83. The van der Waals surface area contributed by atoms with Crippen LogP contribution in [0.1, 0.15) is 13.8 Å². The summed E-state index contributed by atoms with van der Waals surface area (Å²) in [5.74, 6) is 1.57. The quantitative estimate of drug-likeness (QED) is 0.653. The van der Waals surface area contributed by atoms with Crippen LogP contribution < -0.4 is 0 Å². The monoisotopic (exact) mass is 178 g/mol. The van der Waals surface area contributed by atoms with E-state index in [4.69, 9.17) is 9.63 Å². The van der Waals surface area contributed by atoms with Crippen molar-refractivity contribution in [2.24, 2.45) is 0 Å². The van der Waals surface area contributed by atoms with Gasteiger partial charge in [0.25, 0.3) is 0 Å². The van der Waals surface area contributed by atoms with Crippen LogP contribution in [0.2, 0.25) is 0 Å². The molecule has 0 bridgehead atoms. The standard InChI is InChI=1S/C7H15O3P/c1-3-7-11(9,4-2)10-6-5-8/h3,7-8H,4-6H2,1-2H3/b7-3-. The van der Waals surface area contributed by atoms with Gasteiger partial charge >= 0.3 is 0 Å². The summed E-state index contributed by atoms with van der Waals surface area (Å²) >= 11 is 0. The Hall–Kier alpha value is -0.110. The SMILES string of the molecule is C/C=C\P(=O)(CC)OCCO. The average Bonchev–Trinajstić information content (AvgIpc) is 2.02. The van der Waals surface area contributed by atoms with E-state index in [1.807, 2.05) is 0 Å². The molecule has 1 atom stereocenters.